The van der Waals surface area contributed by atoms with Crippen molar-refractivity contribution < 1.29 is 14.7 Å². The maximum Gasteiger partial charge on any atom is 0.263 e. The maximum atomic E-state index is 12.9. The Hall–Kier alpha value is -2.34. The summed E-state index contributed by atoms with van der Waals surface area (Å²) in [6, 6.07) is 11.3. The van der Waals surface area contributed by atoms with Crippen LogP contribution in [0.3, 0.4) is 0 Å². The molecule has 27 heavy (non-hydrogen) atoms. The molecule has 0 aliphatic heterocycles. The molecule has 0 spiro atoms. The van der Waals surface area contributed by atoms with E-state index in [1.807, 2.05) is 41.5 Å². The summed E-state index contributed by atoms with van der Waals surface area (Å²) < 4.78 is 0. The van der Waals surface area contributed by atoms with Crippen LogP contribution in [0.1, 0.15) is 49.5 Å². The Kier molecular flexibility index (Phi) is 6.87. The van der Waals surface area contributed by atoms with Gasteiger partial charge in [-0.3, -0.25) is 4.79 Å². The summed E-state index contributed by atoms with van der Waals surface area (Å²) in [6.45, 7) is 2.18. The standard InChI is InChI=1S/C21H26N2O3S/c1-16(20-12-7-13-27-20)22-26-15-21(25)23(18-9-3-2-4-10-18)14-17-8-5-6-11-19(17)24/h5-8,11-13,18,24H,2-4,9-10,14-15H2,1H3. The zero-order valence-corrected chi connectivity index (χ0v) is 16.5. The summed E-state index contributed by atoms with van der Waals surface area (Å²) in [5, 5.41) is 16.2. The van der Waals surface area contributed by atoms with Gasteiger partial charge in [0.2, 0.25) is 0 Å². The molecule has 0 radical (unpaired) electrons. The average molecular weight is 387 g/mol. The molecule has 1 saturated carbocycles. The van der Waals surface area contributed by atoms with E-state index in [2.05, 4.69) is 5.16 Å². The molecule has 1 heterocycles. The second-order valence-electron chi connectivity index (χ2n) is 6.87. The number of phenols is 1. The fourth-order valence-corrected chi connectivity index (χ4v) is 4.11. The van der Waals surface area contributed by atoms with Crippen LogP contribution in [0.5, 0.6) is 5.75 Å². The molecule has 1 N–H and O–H groups in total. The third-order valence-electron chi connectivity index (χ3n) is 4.94. The van der Waals surface area contributed by atoms with E-state index in [0.717, 1.165) is 41.8 Å². The first kappa shape index (κ1) is 19.4. The molecule has 6 heteroatoms. The minimum absolute atomic E-state index is 0.0899. The minimum Gasteiger partial charge on any atom is -0.508 e. The molecule has 1 aliphatic rings. The van der Waals surface area contributed by atoms with Gasteiger partial charge in [0, 0.05) is 18.2 Å². The van der Waals surface area contributed by atoms with Gasteiger partial charge in [0.05, 0.1) is 10.6 Å². The molecule has 1 aromatic heterocycles. The monoisotopic (exact) mass is 386 g/mol. The second kappa shape index (κ2) is 9.55. The zero-order chi connectivity index (χ0) is 19.1. The maximum absolute atomic E-state index is 12.9. The molecule has 144 valence electrons. The number of hydrogen-bond acceptors (Lipinski definition) is 5. The van der Waals surface area contributed by atoms with Crippen LogP contribution in [-0.4, -0.2) is 34.3 Å². The number of amides is 1. The fraction of sp³-hybridized carbons (Fsp3) is 0.429. The molecular weight excluding hydrogens is 360 g/mol. The quantitative estimate of drug-likeness (QED) is 0.561. The molecule has 0 bridgehead atoms. The van der Waals surface area contributed by atoms with Crippen molar-refractivity contribution in [2.45, 2.75) is 51.6 Å². The molecule has 5 nitrogen and oxygen atoms in total. The van der Waals surface area contributed by atoms with Gasteiger partial charge < -0.3 is 14.8 Å². The van der Waals surface area contributed by atoms with Gasteiger partial charge in [-0.2, -0.15) is 0 Å². The van der Waals surface area contributed by atoms with Gasteiger partial charge in [-0.25, -0.2) is 0 Å². The smallest absolute Gasteiger partial charge is 0.263 e. The summed E-state index contributed by atoms with van der Waals surface area (Å²) in [5.74, 6) is 0.131. The van der Waals surface area contributed by atoms with Crippen LogP contribution >= 0.6 is 11.3 Å². The van der Waals surface area contributed by atoms with E-state index in [1.54, 1.807) is 23.5 Å². The zero-order valence-electron chi connectivity index (χ0n) is 15.6. The van der Waals surface area contributed by atoms with Gasteiger partial charge in [0.25, 0.3) is 5.91 Å². The van der Waals surface area contributed by atoms with Gasteiger partial charge in [-0.15, -0.1) is 11.3 Å². The van der Waals surface area contributed by atoms with Crippen molar-refractivity contribution in [3.8, 4) is 5.75 Å². The van der Waals surface area contributed by atoms with E-state index in [9.17, 15) is 9.90 Å². The second-order valence-corrected chi connectivity index (χ2v) is 7.82. The van der Waals surface area contributed by atoms with Crippen LogP contribution < -0.4 is 0 Å². The Bertz CT molecular complexity index is 767. The van der Waals surface area contributed by atoms with Crippen molar-refractivity contribution in [3.05, 3.63) is 52.2 Å². The Morgan fingerprint density at radius 1 is 1.22 bits per heavy atom. The Morgan fingerprint density at radius 2 is 2.00 bits per heavy atom. The van der Waals surface area contributed by atoms with Gasteiger partial charge in [-0.1, -0.05) is 48.7 Å². The molecule has 1 aliphatic carbocycles. The lowest BCUT2D eigenvalue weighted by Crippen LogP contribution is -2.42. The molecule has 0 saturated heterocycles. The Morgan fingerprint density at radius 3 is 2.70 bits per heavy atom. The number of para-hydroxylation sites is 1. The first-order valence-corrected chi connectivity index (χ1v) is 10.3. The van der Waals surface area contributed by atoms with Gasteiger partial charge in [0.15, 0.2) is 6.61 Å². The lowest BCUT2D eigenvalue weighted by atomic mass is 9.93. The van der Waals surface area contributed by atoms with Crippen molar-refractivity contribution in [2.24, 2.45) is 5.16 Å². The van der Waals surface area contributed by atoms with Crippen LogP contribution in [0, 0.1) is 0 Å². The number of phenolic OH excluding ortho intramolecular Hbond substituents is 1. The highest BCUT2D eigenvalue weighted by Crippen LogP contribution is 2.26. The number of nitrogens with zero attached hydrogens (tertiary/aromatic N) is 2. The highest BCUT2D eigenvalue weighted by atomic mass is 32.1. The van der Waals surface area contributed by atoms with Crippen molar-refractivity contribution in [2.75, 3.05) is 6.61 Å². The number of carbonyl (C=O) groups is 1. The lowest BCUT2D eigenvalue weighted by molar-refractivity contribution is -0.140. The normalized spacial score (nSPS) is 15.5. The number of benzene rings is 1. The van der Waals surface area contributed by atoms with Gasteiger partial charge in [-0.05, 0) is 37.3 Å². The van der Waals surface area contributed by atoms with E-state index in [-0.39, 0.29) is 24.3 Å². The van der Waals surface area contributed by atoms with Crippen LogP contribution in [0.4, 0.5) is 0 Å². The van der Waals surface area contributed by atoms with E-state index in [4.69, 9.17) is 4.84 Å². The number of carbonyl (C=O) groups excluding carboxylic acids is 1. The molecule has 1 fully saturated rings. The number of thiophene rings is 1. The molecule has 0 atom stereocenters. The lowest BCUT2D eigenvalue weighted by Gasteiger charge is -2.34. The minimum atomic E-state index is -0.0905. The Labute approximate surface area is 164 Å². The van der Waals surface area contributed by atoms with E-state index < -0.39 is 0 Å². The molecule has 1 aromatic carbocycles. The van der Waals surface area contributed by atoms with Gasteiger partial charge in [0.1, 0.15) is 5.75 Å². The highest BCUT2D eigenvalue weighted by Gasteiger charge is 2.26. The third-order valence-corrected chi connectivity index (χ3v) is 5.91. The fourth-order valence-electron chi connectivity index (χ4n) is 3.44. The first-order chi connectivity index (χ1) is 13.1. The third kappa shape index (κ3) is 5.32. The molecule has 3 rings (SSSR count). The molecule has 1 amide bonds. The largest absolute Gasteiger partial charge is 0.508 e. The highest BCUT2D eigenvalue weighted by molar-refractivity contribution is 7.12. The van der Waals surface area contributed by atoms with E-state index in [0.29, 0.717) is 6.54 Å². The van der Waals surface area contributed by atoms with Crippen molar-refractivity contribution >= 4 is 23.0 Å². The van der Waals surface area contributed by atoms with Crippen LogP contribution in [0.25, 0.3) is 0 Å². The predicted octanol–water partition coefficient (Wildman–Crippen LogP) is 4.56. The number of oxime groups is 1. The molecule has 2 aromatic rings. The van der Waals surface area contributed by atoms with Crippen LogP contribution in [0.2, 0.25) is 0 Å². The summed E-state index contributed by atoms with van der Waals surface area (Å²) in [5.41, 5.74) is 1.53. The van der Waals surface area contributed by atoms with Gasteiger partial charge >= 0.3 is 0 Å². The topological polar surface area (TPSA) is 62.1 Å². The summed E-state index contributed by atoms with van der Waals surface area (Å²) in [7, 11) is 0. The number of aromatic hydroxyl groups is 1. The Balaban J connectivity index is 1.66. The van der Waals surface area contributed by atoms with Crippen LogP contribution in [-0.2, 0) is 16.2 Å². The van der Waals surface area contributed by atoms with E-state index in [1.165, 1.54) is 6.42 Å². The average Bonchev–Trinajstić information content (AvgIpc) is 3.23. The summed E-state index contributed by atoms with van der Waals surface area (Å²) in [6.07, 6.45) is 5.47. The predicted molar refractivity (Wildman–Crippen MR) is 108 cm³/mol. The molecule has 0 unspecified atom stereocenters. The number of hydrogen-bond donors (Lipinski definition) is 1. The summed E-state index contributed by atoms with van der Waals surface area (Å²) in [4.78, 5) is 21.1. The number of rotatable bonds is 7. The van der Waals surface area contributed by atoms with Crippen LogP contribution in [0.15, 0.2) is 46.9 Å². The first-order valence-electron chi connectivity index (χ1n) is 9.42. The molecular formula is C21H26N2O3S. The van der Waals surface area contributed by atoms with Crippen molar-refractivity contribution in [1.29, 1.82) is 0 Å². The van der Waals surface area contributed by atoms with Crippen molar-refractivity contribution in [1.82, 2.24) is 4.90 Å². The van der Waals surface area contributed by atoms with E-state index >= 15 is 0 Å². The SMILES string of the molecule is CC(=NOCC(=O)N(Cc1ccccc1O)C1CCCCC1)c1cccs1. The summed E-state index contributed by atoms with van der Waals surface area (Å²) >= 11 is 1.59. The van der Waals surface area contributed by atoms with Crippen molar-refractivity contribution in [3.63, 3.8) is 0 Å².